The van der Waals surface area contributed by atoms with Crippen molar-refractivity contribution in [3.8, 4) is 11.5 Å². The van der Waals surface area contributed by atoms with E-state index >= 15 is 0 Å². The minimum Gasteiger partial charge on any atom is -0.508 e. The van der Waals surface area contributed by atoms with Crippen molar-refractivity contribution in [1.29, 1.82) is 0 Å². The van der Waals surface area contributed by atoms with Crippen LogP contribution in [0.1, 0.15) is 57.2 Å². The molecule has 0 aliphatic heterocycles. The first-order valence-electron chi connectivity index (χ1n) is 9.03. The van der Waals surface area contributed by atoms with E-state index in [1.54, 1.807) is 6.07 Å². The Morgan fingerprint density at radius 2 is 1.54 bits per heavy atom. The van der Waals surface area contributed by atoms with Crippen LogP contribution in [0.5, 0.6) is 11.5 Å². The molecule has 130 valence electrons. The Bertz CT molecular complexity index is 659. The van der Waals surface area contributed by atoms with Gasteiger partial charge in [-0.15, -0.1) is 0 Å². The Labute approximate surface area is 146 Å². The fraction of sp³-hybridized carbons (Fsp3) is 0.455. The van der Waals surface area contributed by atoms with Crippen LogP contribution in [0.25, 0.3) is 0 Å². The van der Waals surface area contributed by atoms with Gasteiger partial charge in [0.2, 0.25) is 0 Å². The SMILES string of the molecule is CCCc1cccc(OC(C)(C)Cc2ccccc2O)c1CCC. The molecule has 24 heavy (non-hydrogen) atoms. The average Bonchev–Trinajstić information content (AvgIpc) is 2.52. The van der Waals surface area contributed by atoms with Crippen LogP contribution < -0.4 is 4.74 Å². The van der Waals surface area contributed by atoms with E-state index < -0.39 is 0 Å². The number of aromatic hydroxyl groups is 1. The second kappa shape index (κ2) is 8.23. The molecule has 0 heterocycles. The van der Waals surface area contributed by atoms with Crippen molar-refractivity contribution in [2.75, 3.05) is 0 Å². The zero-order chi connectivity index (χ0) is 17.6. The van der Waals surface area contributed by atoms with Gasteiger partial charge in [0.05, 0.1) is 0 Å². The van der Waals surface area contributed by atoms with Gasteiger partial charge in [-0.05, 0) is 55.5 Å². The molecule has 0 unspecified atom stereocenters. The Hall–Kier alpha value is -1.96. The monoisotopic (exact) mass is 326 g/mol. The highest BCUT2D eigenvalue weighted by Gasteiger charge is 2.23. The summed E-state index contributed by atoms with van der Waals surface area (Å²) < 4.78 is 6.42. The summed E-state index contributed by atoms with van der Waals surface area (Å²) in [5, 5.41) is 10.0. The van der Waals surface area contributed by atoms with Gasteiger partial charge in [0.1, 0.15) is 17.1 Å². The lowest BCUT2D eigenvalue weighted by Crippen LogP contribution is -2.31. The highest BCUT2D eigenvalue weighted by atomic mass is 16.5. The smallest absolute Gasteiger partial charge is 0.123 e. The van der Waals surface area contributed by atoms with Crippen molar-refractivity contribution in [3.05, 3.63) is 59.2 Å². The lowest BCUT2D eigenvalue weighted by Gasteiger charge is -2.29. The third-order valence-corrected chi connectivity index (χ3v) is 4.24. The molecule has 0 radical (unpaired) electrons. The number of ether oxygens (including phenoxy) is 1. The molecule has 0 saturated carbocycles. The predicted octanol–water partition coefficient (Wildman–Crippen LogP) is 5.70. The summed E-state index contributed by atoms with van der Waals surface area (Å²) in [4.78, 5) is 0. The van der Waals surface area contributed by atoms with Crippen LogP contribution in [0, 0.1) is 0 Å². The Morgan fingerprint density at radius 1 is 0.875 bits per heavy atom. The molecular formula is C22H30O2. The molecule has 0 aliphatic rings. The molecular weight excluding hydrogens is 296 g/mol. The van der Waals surface area contributed by atoms with E-state index in [1.807, 2.05) is 18.2 Å². The van der Waals surface area contributed by atoms with Gasteiger partial charge in [0, 0.05) is 6.42 Å². The maximum Gasteiger partial charge on any atom is 0.123 e. The van der Waals surface area contributed by atoms with Gasteiger partial charge in [0.25, 0.3) is 0 Å². The molecule has 0 spiro atoms. The van der Waals surface area contributed by atoms with Gasteiger partial charge in [-0.1, -0.05) is 57.0 Å². The summed E-state index contributed by atoms with van der Waals surface area (Å²) >= 11 is 0. The molecule has 0 amide bonds. The van der Waals surface area contributed by atoms with Gasteiger partial charge < -0.3 is 9.84 Å². The number of rotatable bonds is 8. The van der Waals surface area contributed by atoms with Crippen LogP contribution in [0.15, 0.2) is 42.5 Å². The largest absolute Gasteiger partial charge is 0.508 e. The summed E-state index contributed by atoms with van der Waals surface area (Å²) in [6.07, 6.45) is 5.05. The van der Waals surface area contributed by atoms with E-state index in [0.717, 1.165) is 37.0 Å². The Kier molecular flexibility index (Phi) is 6.30. The van der Waals surface area contributed by atoms with Gasteiger partial charge in [-0.25, -0.2) is 0 Å². The van der Waals surface area contributed by atoms with Crippen LogP contribution in [-0.4, -0.2) is 10.7 Å². The first kappa shape index (κ1) is 18.4. The van der Waals surface area contributed by atoms with Crippen molar-refractivity contribution in [1.82, 2.24) is 0 Å². The van der Waals surface area contributed by atoms with Gasteiger partial charge in [-0.3, -0.25) is 0 Å². The predicted molar refractivity (Wildman–Crippen MR) is 101 cm³/mol. The van der Waals surface area contributed by atoms with E-state index in [-0.39, 0.29) is 5.60 Å². The van der Waals surface area contributed by atoms with Gasteiger partial charge in [-0.2, -0.15) is 0 Å². The molecule has 0 aliphatic carbocycles. The van der Waals surface area contributed by atoms with Gasteiger partial charge >= 0.3 is 0 Å². The van der Waals surface area contributed by atoms with Crippen molar-refractivity contribution < 1.29 is 9.84 Å². The minimum absolute atomic E-state index is 0.336. The van der Waals surface area contributed by atoms with Crippen molar-refractivity contribution in [3.63, 3.8) is 0 Å². The highest BCUT2D eigenvalue weighted by molar-refractivity contribution is 5.41. The number of aryl methyl sites for hydroxylation is 1. The normalized spacial score (nSPS) is 11.5. The second-order valence-electron chi connectivity index (χ2n) is 7.06. The van der Waals surface area contributed by atoms with Crippen molar-refractivity contribution >= 4 is 0 Å². The summed E-state index contributed by atoms with van der Waals surface area (Å²) in [7, 11) is 0. The van der Waals surface area contributed by atoms with Crippen LogP contribution in [-0.2, 0) is 19.3 Å². The Balaban J connectivity index is 2.25. The van der Waals surface area contributed by atoms with Crippen LogP contribution in [0.2, 0.25) is 0 Å². The molecule has 0 fully saturated rings. The molecule has 2 aromatic rings. The first-order chi connectivity index (χ1) is 11.5. The Morgan fingerprint density at radius 3 is 2.21 bits per heavy atom. The van der Waals surface area contributed by atoms with Gasteiger partial charge in [0.15, 0.2) is 0 Å². The molecule has 0 atom stereocenters. The topological polar surface area (TPSA) is 29.5 Å². The lowest BCUT2D eigenvalue weighted by atomic mass is 9.95. The zero-order valence-corrected chi connectivity index (χ0v) is 15.4. The minimum atomic E-state index is -0.383. The lowest BCUT2D eigenvalue weighted by molar-refractivity contribution is 0.107. The molecule has 2 nitrogen and oxygen atoms in total. The summed E-state index contributed by atoms with van der Waals surface area (Å²) in [6.45, 7) is 8.59. The molecule has 0 bridgehead atoms. The number of hydrogen-bond acceptors (Lipinski definition) is 2. The fourth-order valence-corrected chi connectivity index (χ4v) is 3.20. The quantitative estimate of drug-likeness (QED) is 0.674. The number of phenols is 1. The molecule has 2 rings (SSSR count). The summed E-state index contributed by atoms with van der Waals surface area (Å²) in [5.41, 5.74) is 3.28. The third-order valence-electron chi connectivity index (χ3n) is 4.24. The first-order valence-corrected chi connectivity index (χ1v) is 9.03. The van der Waals surface area contributed by atoms with Crippen LogP contribution in [0.3, 0.4) is 0 Å². The third kappa shape index (κ3) is 4.77. The molecule has 1 N–H and O–H groups in total. The number of phenolic OH excluding ortho intramolecular Hbond substituents is 1. The van der Waals surface area contributed by atoms with E-state index in [9.17, 15) is 5.11 Å². The van der Waals surface area contributed by atoms with E-state index in [1.165, 1.54) is 11.1 Å². The van der Waals surface area contributed by atoms with E-state index in [2.05, 4.69) is 45.9 Å². The maximum atomic E-state index is 10.0. The number of para-hydroxylation sites is 1. The fourth-order valence-electron chi connectivity index (χ4n) is 3.20. The standard InChI is InChI=1S/C22H30O2/c1-5-10-17-13-9-15-21(19(17)11-6-2)24-22(3,4)16-18-12-7-8-14-20(18)23/h7-9,12-15,23H,5-6,10-11,16H2,1-4H3. The summed E-state index contributed by atoms with van der Waals surface area (Å²) in [6, 6.07) is 13.9. The maximum absolute atomic E-state index is 10.0. The van der Waals surface area contributed by atoms with Crippen LogP contribution in [0.4, 0.5) is 0 Å². The number of benzene rings is 2. The van der Waals surface area contributed by atoms with Crippen molar-refractivity contribution in [2.24, 2.45) is 0 Å². The zero-order valence-electron chi connectivity index (χ0n) is 15.4. The average molecular weight is 326 g/mol. The van der Waals surface area contributed by atoms with Crippen LogP contribution >= 0.6 is 0 Å². The number of hydrogen-bond donors (Lipinski definition) is 1. The second-order valence-corrected chi connectivity index (χ2v) is 7.06. The van der Waals surface area contributed by atoms with E-state index in [0.29, 0.717) is 12.2 Å². The highest BCUT2D eigenvalue weighted by Crippen LogP contribution is 2.31. The molecule has 2 aromatic carbocycles. The molecule has 0 aromatic heterocycles. The summed E-state index contributed by atoms with van der Waals surface area (Å²) in [5.74, 6) is 1.32. The molecule has 0 saturated heterocycles. The molecule has 2 heteroatoms. The van der Waals surface area contributed by atoms with E-state index in [4.69, 9.17) is 4.74 Å². The van der Waals surface area contributed by atoms with Crippen molar-refractivity contribution in [2.45, 2.75) is 65.4 Å².